The van der Waals surface area contributed by atoms with Crippen molar-refractivity contribution in [1.29, 1.82) is 0 Å². The van der Waals surface area contributed by atoms with Crippen LogP contribution >= 0.6 is 15.9 Å². The van der Waals surface area contributed by atoms with Crippen LogP contribution in [0.25, 0.3) is 10.9 Å². The zero-order valence-electron chi connectivity index (χ0n) is 12.7. The third kappa shape index (κ3) is 3.05. The Hall–Kier alpha value is -1.55. The summed E-state index contributed by atoms with van der Waals surface area (Å²) in [5.74, 6) is 0. The maximum absolute atomic E-state index is 10.8. The first-order valence-corrected chi connectivity index (χ1v) is 7.78. The first-order valence-electron chi connectivity index (χ1n) is 6.99. The largest absolute Gasteiger partial charge is 0.357 e. The quantitative estimate of drug-likeness (QED) is 0.620. The van der Waals surface area contributed by atoms with Gasteiger partial charge in [0.2, 0.25) is 6.41 Å². The molecule has 1 amide bonds. The Morgan fingerprint density at radius 3 is 2.76 bits per heavy atom. The molecule has 4 heteroatoms. The number of carbonyl (C=O) groups is 1. The van der Waals surface area contributed by atoms with Crippen molar-refractivity contribution in [3.63, 3.8) is 0 Å². The van der Waals surface area contributed by atoms with Crippen LogP contribution in [-0.2, 0) is 16.6 Å². The number of fused-ring (bicyclic) bond motifs is 1. The average Bonchev–Trinajstić information content (AvgIpc) is 2.85. The number of allylic oxidation sites excluding steroid dienone is 1. The molecule has 0 fully saturated rings. The highest BCUT2D eigenvalue weighted by atomic mass is 79.9. The van der Waals surface area contributed by atoms with E-state index < -0.39 is 0 Å². The SMILES string of the molecule is C=CC(C)(C)c1[nH]c2cccc(Br)c2c1CCN(C)C=O. The van der Waals surface area contributed by atoms with Gasteiger partial charge in [-0.1, -0.05) is 41.9 Å². The van der Waals surface area contributed by atoms with E-state index in [9.17, 15) is 4.79 Å². The molecule has 0 saturated heterocycles. The molecule has 3 nitrogen and oxygen atoms in total. The second-order valence-electron chi connectivity index (χ2n) is 5.90. The number of nitrogens with one attached hydrogen (secondary N) is 1. The summed E-state index contributed by atoms with van der Waals surface area (Å²) in [4.78, 5) is 16.0. The number of carbonyl (C=O) groups excluding carboxylic acids is 1. The zero-order chi connectivity index (χ0) is 15.6. The van der Waals surface area contributed by atoms with E-state index in [1.54, 1.807) is 11.9 Å². The third-order valence-corrected chi connectivity index (χ3v) is 4.59. The number of hydrogen-bond acceptors (Lipinski definition) is 1. The summed E-state index contributed by atoms with van der Waals surface area (Å²) in [5, 5.41) is 1.20. The van der Waals surface area contributed by atoms with E-state index in [0.29, 0.717) is 6.54 Å². The van der Waals surface area contributed by atoms with Crippen molar-refractivity contribution >= 4 is 33.2 Å². The summed E-state index contributed by atoms with van der Waals surface area (Å²) in [6.07, 6.45) is 3.63. The minimum atomic E-state index is -0.145. The van der Waals surface area contributed by atoms with Crippen molar-refractivity contribution in [1.82, 2.24) is 9.88 Å². The Morgan fingerprint density at radius 2 is 2.14 bits per heavy atom. The van der Waals surface area contributed by atoms with Crippen LogP contribution in [0.5, 0.6) is 0 Å². The van der Waals surface area contributed by atoms with E-state index in [4.69, 9.17) is 0 Å². The molecule has 2 rings (SSSR count). The summed E-state index contributed by atoms with van der Waals surface area (Å²) in [7, 11) is 1.80. The number of rotatable bonds is 6. The fraction of sp³-hybridized carbons (Fsp3) is 0.353. The van der Waals surface area contributed by atoms with Gasteiger partial charge in [0, 0.05) is 40.1 Å². The number of nitrogens with zero attached hydrogens (tertiary/aromatic N) is 1. The molecule has 0 aliphatic heterocycles. The van der Waals surface area contributed by atoms with E-state index in [1.807, 2.05) is 18.2 Å². The Kier molecular flexibility index (Phi) is 4.57. The van der Waals surface area contributed by atoms with Gasteiger partial charge >= 0.3 is 0 Å². The van der Waals surface area contributed by atoms with Gasteiger partial charge in [-0.3, -0.25) is 4.79 Å². The summed E-state index contributed by atoms with van der Waals surface area (Å²) >= 11 is 3.64. The number of likely N-dealkylation sites (N-methyl/N-ethyl adjacent to an activating group) is 1. The zero-order valence-corrected chi connectivity index (χ0v) is 14.3. The van der Waals surface area contributed by atoms with Gasteiger partial charge in [-0.15, -0.1) is 6.58 Å². The maximum Gasteiger partial charge on any atom is 0.209 e. The fourth-order valence-electron chi connectivity index (χ4n) is 2.51. The van der Waals surface area contributed by atoms with Crippen molar-refractivity contribution in [2.45, 2.75) is 25.7 Å². The molecule has 0 radical (unpaired) electrons. The van der Waals surface area contributed by atoms with Crippen molar-refractivity contribution in [3.8, 4) is 0 Å². The van der Waals surface area contributed by atoms with E-state index in [1.165, 1.54) is 16.6 Å². The maximum atomic E-state index is 10.8. The summed E-state index contributed by atoms with van der Waals surface area (Å²) < 4.78 is 1.08. The standard InChI is InChI=1S/C17H21BrN2O/c1-5-17(2,3)16-12(9-10-20(4)11-21)15-13(18)7-6-8-14(15)19-16/h5-8,11,19H,1,9-10H2,2-4H3. The molecule has 21 heavy (non-hydrogen) atoms. The Labute approximate surface area is 134 Å². The lowest BCUT2D eigenvalue weighted by Gasteiger charge is -2.21. The van der Waals surface area contributed by atoms with Gasteiger partial charge in [0.25, 0.3) is 0 Å². The number of amides is 1. The summed E-state index contributed by atoms with van der Waals surface area (Å²) in [6.45, 7) is 8.94. The molecule has 0 aliphatic carbocycles. The number of halogens is 1. The van der Waals surface area contributed by atoms with E-state index in [2.05, 4.69) is 47.4 Å². The highest BCUT2D eigenvalue weighted by Crippen LogP contribution is 2.36. The third-order valence-electron chi connectivity index (χ3n) is 3.93. The van der Waals surface area contributed by atoms with Gasteiger partial charge in [0.15, 0.2) is 0 Å². The van der Waals surface area contributed by atoms with Crippen LogP contribution < -0.4 is 0 Å². The van der Waals surface area contributed by atoms with E-state index in [-0.39, 0.29) is 5.41 Å². The van der Waals surface area contributed by atoms with Crippen LogP contribution in [0.2, 0.25) is 0 Å². The van der Waals surface area contributed by atoms with Crippen LogP contribution in [-0.4, -0.2) is 29.9 Å². The second kappa shape index (κ2) is 6.06. The summed E-state index contributed by atoms with van der Waals surface area (Å²) in [6, 6.07) is 6.15. The highest BCUT2D eigenvalue weighted by Gasteiger charge is 2.25. The lowest BCUT2D eigenvalue weighted by atomic mass is 9.86. The predicted octanol–water partition coefficient (Wildman–Crippen LogP) is 4.02. The first-order chi connectivity index (χ1) is 9.90. The van der Waals surface area contributed by atoms with E-state index in [0.717, 1.165) is 22.8 Å². The molecule has 1 N–H and O–H groups in total. The van der Waals surface area contributed by atoms with Crippen molar-refractivity contribution in [3.05, 3.63) is 46.6 Å². The fourth-order valence-corrected chi connectivity index (χ4v) is 3.12. The van der Waals surface area contributed by atoms with Gasteiger partial charge < -0.3 is 9.88 Å². The number of aromatic nitrogens is 1. The molecule has 2 aromatic rings. The molecule has 0 spiro atoms. The molecule has 0 saturated carbocycles. The Balaban J connectivity index is 2.59. The van der Waals surface area contributed by atoms with Gasteiger partial charge in [0.05, 0.1) is 0 Å². The molecule has 0 aliphatic rings. The predicted molar refractivity (Wildman–Crippen MR) is 91.6 cm³/mol. The molecule has 0 unspecified atom stereocenters. The monoisotopic (exact) mass is 348 g/mol. The molecule has 1 aromatic heterocycles. The average molecular weight is 349 g/mol. The first kappa shape index (κ1) is 15.8. The van der Waals surface area contributed by atoms with Crippen LogP contribution in [0.15, 0.2) is 35.3 Å². The van der Waals surface area contributed by atoms with Crippen molar-refractivity contribution in [2.24, 2.45) is 0 Å². The lowest BCUT2D eigenvalue weighted by Crippen LogP contribution is -2.21. The van der Waals surface area contributed by atoms with Crippen LogP contribution in [0, 0.1) is 0 Å². The minimum absolute atomic E-state index is 0.145. The van der Waals surface area contributed by atoms with Crippen LogP contribution in [0.4, 0.5) is 0 Å². The number of aromatic amines is 1. The Bertz CT molecular complexity index is 673. The Morgan fingerprint density at radius 1 is 1.43 bits per heavy atom. The molecule has 112 valence electrons. The number of H-pyrrole nitrogens is 1. The number of hydrogen-bond donors (Lipinski definition) is 1. The molecule has 1 aromatic carbocycles. The topological polar surface area (TPSA) is 36.1 Å². The highest BCUT2D eigenvalue weighted by molar-refractivity contribution is 9.10. The van der Waals surface area contributed by atoms with Gasteiger partial charge in [-0.2, -0.15) is 0 Å². The van der Waals surface area contributed by atoms with Crippen molar-refractivity contribution in [2.75, 3.05) is 13.6 Å². The van der Waals surface area contributed by atoms with Gasteiger partial charge in [-0.25, -0.2) is 0 Å². The molecule has 1 heterocycles. The lowest BCUT2D eigenvalue weighted by molar-refractivity contribution is -0.116. The van der Waals surface area contributed by atoms with Gasteiger partial charge in [0.1, 0.15) is 0 Å². The van der Waals surface area contributed by atoms with E-state index >= 15 is 0 Å². The smallest absolute Gasteiger partial charge is 0.209 e. The van der Waals surface area contributed by atoms with Crippen molar-refractivity contribution < 1.29 is 4.79 Å². The molecular weight excluding hydrogens is 328 g/mol. The van der Waals surface area contributed by atoms with Gasteiger partial charge in [-0.05, 0) is 24.1 Å². The number of benzene rings is 1. The second-order valence-corrected chi connectivity index (χ2v) is 6.76. The van der Waals surface area contributed by atoms with Crippen LogP contribution in [0.3, 0.4) is 0 Å². The summed E-state index contributed by atoms with van der Waals surface area (Å²) in [5.41, 5.74) is 3.38. The molecule has 0 atom stereocenters. The van der Waals surface area contributed by atoms with Crippen LogP contribution in [0.1, 0.15) is 25.1 Å². The normalized spacial score (nSPS) is 11.6. The molecular formula is C17H21BrN2O. The molecule has 0 bridgehead atoms. The minimum Gasteiger partial charge on any atom is -0.357 e.